The van der Waals surface area contributed by atoms with Crippen LogP contribution < -0.4 is 5.73 Å². The summed E-state index contributed by atoms with van der Waals surface area (Å²) in [5, 5.41) is 7.98. The number of nitrogens with two attached hydrogens (primary N) is 1. The summed E-state index contributed by atoms with van der Waals surface area (Å²) in [6.45, 7) is 4.08. The van der Waals surface area contributed by atoms with E-state index in [0.717, 1.165) is 27.8 Å². The van der Waals surface area contributed by atoms with E-state index in [1.54, 1.807) is 4.68 Å². The van der Waals surface area contributed by atoms with Gasteiger partial charge in [-0.05, 0) is 37.1 Å². The molecule has 4 nitrogen and oxygen atoms in total. The van der Waals surface area contributed by atoms with Crippen molar-refractivity contribution in [2.24, 2.45) is 0 Å². The minimum absolute atomic E-state index is 0.504. The molecule has 0 atom stereocenters. The first kappa shape index (κ1) is 11.1. The minimum atomic E-state index is 0.504. The fourth-order valence-corrected chi connectivity index (χ4v) is 2.17. The Balaban J connectivity index is 2.58. The summed E-state index contributed by atoms with van der Waals surface area (Å²) >= 11 is 3.44. The second kappa shape index (κ2) is 4.25. The summed E-state index contributed by atoms with van der Waals surface area (Å²) in [6.07, 6.45) is 0.814. The van der Waals surface area contributed by atoms with Crippen LogP contribution in [0.15, 0.2) is 22.7 Å². The van der Waals surface area contributed by atoms with E-state index in [1.165, 1.54) is 0 Å². The Morgan fingerprint density at radius 2 is 2.19 bits per heavy atom. The number of aromatic nitrogens is 3. The molecule has 5 heteroatoms. The number of benzene rings is 1. The Kier molecular flexibility index (Phi) is 2.96. The van der Waals surface area contributed by atoms with Gasteiger partial charge < -0.3 is 5.73 Å². The van der Waals surface area contributed by atoms with Gasteiger partial charge in [-0.25, -0.2) is 4.68 Å². The SMILES string of the molecule is CCc1c(N)nnn1-c1ccc(Br)cc1C. The lowest BCUT2D eigenvalue weighted by molar-refractivity contribution is 0.763. The normalized spacial score (nSPS) is 10.7. The van der Waals surface area contributed by atoms with Crippen molar-refractivity contribution in [3.63, 3.8) is 0 Å². The maximum atomic E-state index is 5.77. The standard InChI is InChI=1S/C11H13BrN4/c1-3-9-11(13)14-15-16(9)10-5-4-8(12)6-7(10)2/h4-6H,3,13H2,1-2H3. The number of hydrogen-bond donors (Lipinski definition) is 1. The van der Waals surface area contributed by atoms with Gasteiger partial charge in [0.2, 0.25) is 0 Å². The molecule has 16 heavy (non-hydrogen) atoms. The minimum Gasteiger partial charge on any atom is -0.381 e. The summed E-state index contributed by atoms with van der Waals surface area (Å²) in [5.74, 6) is 0.504. The van der Waals surface area contributed by atoms with Crippen molar-refractivity contribution in [1.82, 2.24) is 15.0 Å². The summed E-state index contributed by atoms with van der Waals surface area (Å²) in [5.41, 5.74) is 8.87. The Labute approximate surface area is 103 Å². The van der Waals surface area contributed by atoms with Crippen molar-refractivity contribution < 1.29 is 0 Å². The molecule has 1 aromatic heterocycles. The van der Waals surface area contributed by atoms with Gasteiger partial charge in [0, 0.05) is 4.47 Å². The lowest BCUT2D eigenvalue weighted by Crippen LogP contribution is -2.04. The average molecular weight is 281 g/mol. The molecule has 0 unspecified atom stereocenters. The summed E-state index contributed by atoms with van der Waals surface area (Å²) in [7, 11) is 0. The van der Waals surface area contributed by atoms with Crippen LogP contribution in [-0.4, -0.2) is 15.0 Å². The molecule has 2 rings (SSSR count). The van der Waals surface area contributed by atoms with E-state index in [1.807, 2.05) is 32.0 Å². The molecule has 2 N–H and O–H groups in total. The molecular weight excluding hydrogens is 268 g/mol. The van der Waals surface area contributed by atoms with E-state index in [0.29, 0.717) is 5.82 Å². The zero-order chi connectivity index (χ0) is 11.7. The van der Waals surface area contributed by atoms with E-state index in [9.17, 15) is 0 Å². The molecule has 0 radical (unpaired) electrons. The fraction of sp³-hybridized carbons (Fsp3) is 0.273. The third-order valence-corrected chi connectivity index (χ3v) is 3.01. The van der Waals surface area contributed by atoms with E-state index < -0.39 is 0 Å². The highest BCUT2D eigenvalue weighted by molar-refractivity contribution is 9.10. The molecular formula is C11H13BrN4. The number of nitrogen functional groups attached to an aromatic ring is 1. The number of anilines is 1. The van der Waals surface area contributed by atoms with Gasteiger partial charge in [-0.2, -0.15) is 0 Å². The van der Waals surface area contributed by atoms with Crippen molar-refractivity contribution in [1.29, 1.82) is 0 Å². The van der Waals surface area contributed by atoms with Gasteiger partial charge in [0.15, 0.2) is 5.82 Å². The van der Waals surface area contributed by atoms with Crippen LogP contribution in [0.2, 0.25) is 0 Å². The maximum absolute atomic E-state index is 5.77. The quantitative estimate of drug-likeness (QED) is 0.920. The molecule has 0 spiro atoms. The van der Waals surface area contributed by atoms with Crippen molar-refractivity contribution >= 4 is 21.7 Å². The fourth-order valence-electron chi connectivity index (χ4n) is 1.69. The Morgan fingerprint density at radius 1 is 1.44 bits per heavy atom. The number of hydrogen-bond acceptors (Lipinski definition) is 3. The smallest absolute Gasteiger partial charge is 0.169 e. The number of halogens is 1. The van der Waals surface area contributed by atoms with Crippen LogP contribution in [0.5, 0.6) is 0 Å². The van der Waals surface area contributed by atoms with Gasteiger partial charge in [-0.1, -0.05) is 28.1 Å². The molecule has 1 aromatic carbocycles. The second-order valence-corrected chi connectivity index (χ2v) is 4.53. The predicted molar refractivity (Wildman–Crippen MR) is 67.6 cm³/mol. The second-order valence-electron chi connectivity index (χ2n) is 3.62. The molecule has 84 valence electrons. The highest BCUT2D eigenvalue weighted by Crippen LogP contribution is 2.21. The maximum Gasteiger partial charge on any atom is 0.169 e. The molecule has 0 aliphatic carbocycles. The molecule has 0 aliphatic heterocycles. The third kappa shape index (κ3) is 1.82. The van der Waals surface area contributed by atoms with Crippen LogP contribution in [0.25, 0.3) is 5.69 Å². The van der Waals surface area contributed by atoms with Crippen LogP contribution in [-0.2, 0) is 6.42 Å². The van der Waals surface area contributed by atoms with E-state index >= 15 is 0 Å². The number of aryl methyl sites for hydroxylation is 1. The van der Waals surface area contributed by atoms with Gasteiger partial charge >= 0.3 is 0 Å². The largest absolute Gasteiger partial charge is 0.381 e. The van der Waals surface area contributed by atoms with Gasteiger partial charge in [-0.3, -0.25) is 0 Å². The molecule has 1 heterocycles. The lowest BCUT2D eigenvalue weighted by atomic mass is 10.2. The first-order chi connectivity index (χ1) is 7.63. The van der Waals surface area contributed by atoms with Crippen molar-refractivity contribution in [3.05, 3.63) is 33.9 Å². The Hall–Kier alpha value is -1.36. The summed E-state index contributed by atoms with van der Waals surface area (Å²) in [4.78, 5) is 0. The van der Waals surface area contributed by atoms with Crippen molar-refractivity contribution in [3.8, 4) is 5.69 Å². The van der Waals surface area contributed by atoms with Crippen molar-refractivity contribution in [2.75, 3.05) is 5.73 Å². The van der Waals surface area contributed by atoms with Crippen LogP contribution in [0.1, 0.15) is 18.2 Å². The van der Waals surface area contributed by atoms with Gasteiger partial charge in [0.25, 0.3) is 0 Å². The molecule has 0 aliphatic rings. The molecule has 2 aromatic rings. The van der Waals surface area contributed by atoms with Gasteiger partial charge in [-0.15, -0.1) is 5.10 Å². The van der Waals surface area contributed by atoms with E-state index in [2.05, 4.69) is 26.2 Å². The zero-order valence-corrected chi connectivity index (χ0v) is 10.8. The first-order valence-corrected chi connectivity index (χ1v) is 5.89. The average Bonchev–Trinajstić information content (AvgIpc) is 2.59. The highest BCUT2D eigenvalue weighted by atomic mass is 79.9. The van der Waals surface area contributed by atoms with Crippen LogP contribution in [0.4, 0.5) is 5.82 Å². The van der Waals surface area contributed by atoms with Gasteiger partial charge in [0.05, 0.1) is 11.4 Å². The predicted octanol–water partition coefficient (Wildman–Crippen LogP) is 2.48. The zero-order valence-electron chi connectivity index (χ0n) is 9.24. The number of rotatable bonds is 2. The number of nitrogens with zero attached hydrogens (tertiary/aromatic N) is 3. The topological polar surface area (TPSA) is 56.7 Å². The van der Waals surface area contributed by atoms with Gasteiger partial charge in [0.1, 0.15) is 0 Å². The van der Waals surface area contributed by atoms with Crippen molar-refractivity contribution in [2.45, 2.75) is 20.3 Å². The summed E-state index contributed by atoms with van der Waals surface area (Å²) in [6, 6.07) is 6.04. The molecule has 0 fully saturated rings. The summed E-state index contributed by atoms with van der Waals surface area (Å²) < 4.78 is 2.86. The monoisotopic (exact) mass is 280 g/mol. The molecule has 0 saturated heterocycles. The molecule has 0 amide bonds. The Morgan fingerprint density at radius 3 is 2.81 bits per heavy atom. The van der Waals surface area contributed by atoms with E-state index in [4.69, 9.17) is 5.73 Å². The van der Waals surface area contributed by atoms with Crippen LogP contribution in [0, 0.1) is 6.92 Å². The van der Waals surface area contributed by atoms with E-state index in [-0.39, 0.29) is 0 Å². The lowest BCUT2D eigenvalue weighted by Gasteiger charge is -2.08. The third-order valence-electron chi connectivity index (χ3n) is 2.52. The molecule has 0 bridgehead atoms. The molecule has 0 saturated carbocycles. The Bertz CT molecular complexity index is 519. The first-order valence-electron chi connectivity index (χ1n) is 5.10. The van der Waals surface area contributed by atoms with Crippen LogP contribution >= 0.6 is 15.9 Å². The van der Waals surface area contributed by atoms with Crippen LogP contribution in [0.3, 0.4) is 0 Å². The highest BCUT2D eigenvalue weighted by Gasteiger charge is 2.11.